The molecule has 22 heavy (non-hydrogen) atoms. The molecule has 0 unspecified atom stereocenters. The van der Waals surface area contributed by atoms with Gasteiger partial charge in [-0.15, -0.1) is 0 Å². The van der Waals surface area contributed by atoms with Gasteiger partial charge in [-0.3, -0.25) is 0 Å². The molecule has 4 N–H and O–H groups in total. The minimum Gasteiger partial charge on any atom is -0.493 e. The van der Waals surface area contributed by atoms with E-state index in [9.17, 15) is 0 Å². The SMILES string of the molecule is COc1cc2c(N)ncnc2cc1OCCCNC[C@@H](C)O. The van der Waals surface area contributed by atoms with E-state index in [1.165, 1.54) is 6.33 Å². The predicted octanol–water partition coefficient (Wildman–Crippen LogP) is 0.960. The maximum Gasteiger partial charge on any atom is 0.163 e. The third kappa shape index (κ3) is 4.19. The van der Waals surface area contributed by atoms with Crippen molar-refractivity contribution in [2.45, 2.75) is 19.4 Å². The van der Waals surface area contributed by atoms with Crippen LogP contribution >= 0.6 is 0 Å². The van der Waals surface area contributed by atoms with Crippen molar-refractivity contribution in [3.8, 4) is 11.5 Å². The molecule has 0 spiro atoms. The quantitative estimate of drug-likeness (QED) is 0.624. The number of fused-ring (bicyclic) bond motifs is 1. The standard InChI is InChI=1S/C15H22N4O3/c1-10(20)8-17-4-3-5-22-14-7-12-11(6-13(14)21-2)15(16)19-9-18-12/h6-7,9-10,17,20H,3-5,8H2,1-2H3,(H2,16,18,19)/t10-/m1/s1. The van der Waals surface area contributed by atoms with Crippen LogP contribution in [-0.2, 0) is 0 Å². The molecule has 0 aliphatic rings. The van der Waals surface area contributed by atoms with Gasteiger partial charge in [0, 0.05) is 18.0 Å². The van der Waals surface area contributed by atoms with Gasteiger partial charge in [0.15, 0.2) is 11.5 Å². The summed E-state index contributed by atoms with van der Waals surface area (Å²) >= 11 is 0. The van der Waals surface area contributed by atoms with E-state index in [0.717, 1.165) is 23.9 Å². The number of ether oxygens (including phenoxy) is 2. The second kappa shape index (κ2) is 7.77. The van der Waals surface area contributed by atoms with E-state index in [1.54, 1.807) is 26.2 Å². The Morgan fingerprint density at radius 3 is 2.86 bits per heavy atom. The topological polar surface area (TPSA) is 103 Å². The first-order valence-electron chi connectivity index (χ1n) is 7.21. The van der Waals surface area contributed by atoms with Crippen LogP contribution in [0.4, 0.5) is 5.82 Å². The number of nitrogens with two attached hydrogens (primary N) is 1. The Balaban J connectivity index is 1.98. The van der Waals surface area contributed by atoms with Crippen molar-refractivity contribution in [3.63, 3.8) is 0 Å². The zero-order valence-electron chi connectivity index (χ0n) is 12.9. The molecule has 1 aromatic carbocycles. The summed E-state index contributed by atoms with van der Waals surface area (Å²) < 4.78 is 11.1. The largest absolute Gasteiger partial charge is 0.493 e. The van der Waals surface area contributed by atoms with Gasteiger partial charge >= 0.3 is 0 Å². The number of nitrogens with zero attached hydrogens (tertiary/aromatic N) is 2. The monoisotopic (exact) mass is 306 g/mol. The molecule has 1 aromatic heterocycles. The van der Waals surface area contributed by atoms with Crippen molar-refractivity contribution in [1.82, 2.24) is 15.3 Å². The van der Waals surface area contributed by atoms with Gasteiger partial charge in [-0.25, -0.2) is 9.97 Å². The molecule has 2 aromatic rings. The fourth-order valence-electron chi connectivity index (χ4n) is 2.05. The van der Waals surface area contributed by atoms with Gasteiger partial charge in [-0.1, -0.05) is 0 Å². The first-order chi connectivity index (χ1) is 10.6. The highest BCUT2D eigenvalue weighted by molar-refractivity contribution is 5.90. The van der Waals surface area contributed by atoms with Crippen LogP contribution in [0.5, 0.6) is 11.5 Å². The molecule has 2 rings (SSSR count). The van der Waals surface area contributed by atoms with Crippen molar-refractivity contribution in [2.75, 3.05) is 32.5 Å². The Bertz CT molecular complexity index is 619. The summed E-state index contributed by atoms with van der Waals surface area (Å²) in [7, 11) is 1.58. The Hall–Kier alpha value is -2.12. The van der Waals surface area contributed by atoms with Crippen LogP contribution in [0.2, 0.25) is 0 Å². The molecule has 0 saturated carbocycles. The predicted molar refractivity (Wildman–Crippen MR) is 85.2 cm³/mol. The lowest BCUT2D eigenvalue weighted by atomic mass is 10.2. The smallest absolute Gasteiger partial charge is 0.163 e. The number of hydrogen-bond donors (Lipinski definition) is 3. The van der Waals surface area contributed by atoms with Crippen molar-refractivity contribution in [3.05, 3.63) is 18.5 Å². The highest BCUT2D eigenvalue weighted by Gasteiger charge is 2.10. The van der Waals surface area contributed by atoms with Gasteiger partial charge in [0.1, 0.15) is 12.1 Å². The van der Waals surface area contributed by atoms with Crippen LogP contribution in [-0.4, -0.2) is 48.0 Å². The van der Waals surface area contributed by atoms with E-state index in [0.29, 0.717) is 30.5 Å². The van der Waals surface area contributed by atoms with Crippen LogP contribution in [0.15, 0.2) is 18.5 Å². The molecule has 1 heterocycles. The Morgan fingerprint density at radius 1 is 1.32 bits per heavy atom. The molecule has 7 heteroatoms. The van der Waals surface area contributed by atoms with Gasteiger partial charge < -0.3 is 25.6 Å². The van der Waals surface area contributed by atoms with Crippen LogP contribution < -0.4 is 20.5 Å². The molecule has 0 bridgehead atoms. The summed E-state index contributed by atoms with van der Waals surface area (Å²) in [6.07, 6.45) is 1.90. The third-order valence-electron chi connectivity index (χ3n) is 3.15. The minimum atomic E-state index is -0.341. The Morgan fingerprint density at radius 2 is 2.14 bits per heavy atom. The molecule has 120 valence electrons. The summed E-state index contributed by atoms with van der Waals surface area (Å²) in [5.74, 6) is 1.65. The molecule has 0 aliphatic heterocycles. The van der Waals surface area contributed by atoms with E-state index in [4.69, 9.17) is 20.3 Å². The normalized spacial score (nSPS) is 12.3. The average molecular weight is 306 g/mol. The number of methoxy groups -OCH3 is 1. The molecular formula is C15H22N4O3. The Labute approximate surface area is 129 Å². The molecule has 0 fully saturated rings. The van der Waals surface area contributed by atoms with Crippen molar-refractivity contribution >= 4 is 16.7 Å². The number of aromatic nitrogens is 2. The van der Waals surface area contributed by atoms with Gasteiger partial charge in [-0.2, -0.15) is 0 Å². The zero-order chi connectivity index (χ0) is 15.9. The number of nitrogen functional groups attached to an aromatic ring is 1. The van der Waals surface area contributed by atoms with Crippen LogP contribution in [0, 0.1) is 0 Å². The summed E-state index contributed by atoms with van der Waals surface area (Å²) in [5.41, 5.74) is 6.55. The lowest BCUT2D eigenvalue weighted by molar-refractivity contribution is 0.190. The summed E-state index contributed by atoms with van der Waals surface area (Å²) in [4.78, 5) is 8.15. The molecule has 0 saturated heterocycles. The number of nitrogens with one attached hydrogen (secondary N) is 1. The van der Waals surface area contributed by atoms with E-state index in [-0.39, 0.29) is 6.10 Å². The number of anilines is 1. The molecule has 0 radical (unpaired) electrons. The van der Waals surface area contributed by atoms with Crippen molar-refractivity contribution in [2.24, 2.45) is 0 Å². The fourth-order valence-corrected chi connectivity index (χ4v) is 2.05. The second-order valence-electron chi connectivity index (χ2n) is 5.03. The highest BCUT2D eigenvalue weighted by atomic mass is 16.5. The van der Waals surface area contributed by atoms with Gasteiger partial charge in [0.2, 0.25) is 0 Å². The van der Waals surface area contributed by atoms with Crippen molar-refractivity contribution in [1.29, 1.82) is 0 Å². The number of aliphatic hydroxyl groups is 1. The summed E-state index contributed by atoms with van der Waals surface area (Å²) in [6.45, 7) is 3.64. The lowest BCUT2D eigenvalue weighted by Gasteiger charge is -2.12. The maximum atomic E-state index is 9.15. The van der Waals surface area contributed by atoms with Crippen LogP contribution in [0.3, 0.4) is 0 Å². The summed E-state index contributed by atoms with van der Waals surface area (Å²) in [6, 6.07) is 3.58. The number of hydrogen-bond acceptors (Lipinski definition) is 7. The Kier molecular flexibility index (Phi) is 5.74. The van der Waals surface area contributed by atoms with E-state index in [1.807, 2.05) is 0 Å². The van der Waals surface area contributed by atoms with E-state index >= 15 is 0 Å². The molecule has 1 atom stereocenters. The first-order valence-corrected chi connectivity index (χ1v) is 7.21. The van der Waals surface area contributed by atoms with E-state index < -0.39 is 0 Å². The fraction of sp³-hybridized carbons (Fsp3) is 0.467. The number of benzene rings is 1. The van der Waals surface area contributed by atoms with Gasteiger partial charge in [-0.05, 0) is 26.0 Å². The van der Waals surface area contributed by atoms with E-state index in [2.05, 4.69) is 15.3 Å². The first kappa shape index (κ1) is 16.3. The van der Waals surface area contributed by atoms with Gasteiger partial charge in [0.05, 0.1) is 25.3 Å². The number of rotatable bonds is 8. The second-order valence-corrected chi connectivity index (χ2v) is 5.03. The molecular weight excluding hydrogens is 284 g/mol. The minimum absolute atomic E-state index is 0.341. The van der Waals surface area contributed by atoms with Gasteiger partial charge in [0.25, 0.3) is 0 Å². The molecule has 0 aliphatic carbocycles. The number of aliphatic hydroxyl groups excluding tert-OH is 1. The van der Waals surface area contributed by atoms with Crippen LogP contribution in [0.25, 0.3) is 10.9 Å². The third-order valence-corrected chi connectivity index (χ3v) is 3.15. The maximum absolute atomic E-state index is 9.15. The van der Waals surface area contributed by atoms with Crippen molar-refractivity contribution < 1.29 is 14.6 Å². The molecule has 0 amide bonds. The van der Waals surface area contributed by atoms with Crippen LogP contribution in [0.1, 0.15) is 13.3 Å². The average Bonchev–Trinajstić information content (AvgIpc) is 2.50. The highest BCUT2D eigenvalue weighted by Crippen LogP contribution is 2.33. The lowest BCUT2D eigenvalue weighted by Crippen LogP contribution is -2.26. The zero-order valence-corrected chi connectivity index (χ0v) is 12.9. The summed E-state index contributed by atoms with van der Waals surface area (Å²) in [5, 5.41) is 13.0. The molecule has 7 nitrogen and oxygen atoms in total.